The molecule has 0 bridgehead atoms. The SMILES string of the molecule is N#Cc1cn(C2CCOc3ccccc32)c(=O)[nH]c1=O. The Kier molecular flexibility index (Phi) is 2.88. The van der Waals surface area contributed by atoms with Crippen LogP contribution >= 0.6 is 0 Å². The molecular weight excluding hydrogens is 258 g/mol. The highest BCUT2D eigenvalue weighted by molar-refractivity contribution is 5.38. The molecule has 3 rings (SSSR count). The Morgan fingerprint density at radius 3 is 2.95 bits per heavy atom. The van der Waals surface area contributed by atoms with Gasteiger partial charge in [0, 0.05) is 18.2 Å². The molecule has 1 atom stereocenters. The number of hydrogen-bond acceptors (Lipinski definition) is 4. The third-order valence-corrected chi connectivity index (χ3v) is 3.35. The lowest BCUT2D eigenvalue weighted by molar-refractivity contribution is 0.253. The molecule has 2 heterocycles. The largest absolute Gasteiger partial charge is 0.493 e. The number of hydrogen-bond donors (Lipinski definition) is 1. The van der Waals surface area contributed by atoms with E-state index in [9.17, 15) is 9.59 Å². The first-order chi connectivity index (χ1) is 9.70. The zero-order chi connectivity index (χ0) is 14.1. The van der Waals surface area contributed by atoms with Crippen LogP contribution in [0.5, 0.6) is 5.75 Å². The Balaban J connectivity index is 2.19. The van der Waals surface area contributed by atoms with Crippen molar-refractivity contribution in [3.8, 4) is 11.8 Å². The van der Waals surface area contributed by atoms with Crippen LogP contribution in [0.4, 0.5) is 0 Å². The molecule has 1 aliphatic rings. The summed E-state index contributed by atoms with van der Waals surface area (Å²) in [6.07, 6.45) is 1.92. The first kappa shape index (κ1) is 12.2. The molecule has 0 radical (unpaired) electrons. The van der Waals surface area contributed by atoms with Crippen LogP contribution in [0.15, 0.2) is 40.1 Å². The topological polar surface area (TPSA) is 87.9 Å². The van der Waals surface area contributed by atoms with E-state index < -0.39 is 11.2 Å². The van der Waals surface area contributed by atoms with Crippen molar-refractivity contribution >= 4 is 0 Å². The summed E-state index contributed by atoms with van der Waals surface area (Å²) >= 11 is 0. The quantitative estimate of drug-likeness (QED) is 0.828. The van der Waals surface area contributed by atoms with Gasteiger partial charge in [0.15, 0.2) is 0 Å². The van der Waals surface area contributed by atoms with Gasteiger partial charge in [-0.1, -0.05) is 18.2 Å². The maximum atomic E-state index is 12.0. The number of aromatic amines is 1. The first-order valence-corrected chi connectivity index (χ1v) is 6.18. The van der Waals surface area contributed by atoms with Crippen molar-refractivity contribution < 1.29 is 4.74 Å². The molecule has 1 aliphatic heterocycles. The fraction of sp³-hybridized carbons (Fsp3) is 0.214. The Bertz CT molecular complexity index is 813. The lowest BCUT2D eigenvalue weighted by Gasteiger charge is -2.27. The summed E-state index contributed by atoms with van der Waals surface area (Å²) in [7, 11) is 0. The van der Waals surface area contributed by atoms with E-state index in [1.807, 2.05) is 24.3 Å². The van der Waals surface area contributed by atoms with Crippen molar-refractivity contribution in [2.75, 3.05) is 6.61 Å². The molecule has 1 aromatic heterocycles. The van der Waals surface area contributed by atoms with Gasteiger partial charge < -0.3 is 4.74 Å². The van der Waals surface area contributed by atoms with E-state index in [0.717, 1.165) is 11.3 Å². The van der Waals surface area contributed by atoms with Crippen LogP contribution in [-0.4, -0.2) is 16.2 Å². The average molecular weight is 269 g/mol. The molecule has 0 spiro atoms. The molecule has 1 unspecified atom stereocenters. The summed E-state index contributed by atoms with van der Waals surface area (Å²) in [5, 5.41) is 8.92. The molecule has 6 nitrogen and oxygen atoms in total. The van der Waals surface area contributed by atoms with Gasteiger partial charge in [-0.3, -0.25) is 14.3 Å². The van der Waals surface area contributed by atoms with Gasteiger partial charge in [-0.15, -0.1) is 0 Å². The highest BCUT2D eigenvalue weighted by Crippen LogP contribution is 2.33. The summed E-state index contributed by atoms with van der Waals surface area (Å²) in [6.45, 7) is 0.481. The minimum atomic E-state index is -0.658. The summed E-state index contributed by atoms with van der Waals surface area (Å²) in [5.74, 6) is 0.723. The second-order valence-corrected chi connectivity index (χ2v) is 4.51. The Hall–Kier alpha value is -2.81. The highest BCUT2D eigenvalue weighted by Gasteiger charge is 2.24. The third-order valence-electron chi connectivity index (χ3n) is 3.35. The number of nitriles is 1. The number of nitrogens with zero attached hydrogens (tertiary/aromatic N) is 2. The zero-order valence-corrected chi connectivity index (χ0v) is 10.5. The minimum Gasteiger partial charge on any atom is -0.493 e. The van der Waals surface area contributed by atoms with Crippen LogP contribution in [-0.2, 0) is 0 Å². The molecule has 0 saturated heterocycles. The number of aromatic nitrogens is 2. The summed E-state index contributed by atoms with van der Waals surface area (Å²) < 4.78 is 6.93. The number of ether oxygens (including phenoxy) is 1. The number of nitrogens with one attached hydrogen (secondary N) is 1. The number of H-pyrrole nitrogens is 1. The fourth-order valence-electron chi connectivity index (χ4n) is 2.41. The third kappa shape index (κ3) is 1.89. The van der Waals surface area contributed by atoms with Gasteiger partial charge in [0.25, 0.3) is 5.56 Å². The normalized spacial score (nSPS) is 16.9. The van der Waals surface area contributed by atoms with Gasteiger partial charge in [-0.25, -0.2) is 4.79 Å². The molecule has 1 aromatic carbocycles. The molecule has 0 saturated carbocycles. The molecular formula is C14H11N3O3. The Labute approximate surface area is 113 Å². The standard InChI is InChI=1S/C14H11N3O3/c15-7-9-8-17(14(19)16-13(9)18)11-5-6-20-12-4-2-1-3-10(11)12/h1-4,8,11H,5-6H2,(H,16,18,19). The van der Waals surface area contributed by atoms with Crippen LogP contribution < -0.4 is 16.0 Å². The Morgan fingerprint density at radius 2 is 2.15 bits per heavy atom. The van der Waals surface area contributed by atoms with E-state index in [1.165, 1.54) is 10.8 Å². The molecule has 6 heteroatoms. The fourth-order valence-corrected chi connectivity index (χ4v) is 2.41. The van der Waals surface area contributed by atoms with Crippen molar-refractivity contribution in [3.63, 3.8) is 0 Å². The van der Waals surface area contributed by atoms with Gasteiger partial charge in [0.1, 0.15) is 17.4 Å². The molecule has 0 aliphatic carbocycles. The van der Waals surface area contributed by atoms with Crippen LogP contribution in [0.2, 0.25) is 0 Å². The van der Waals surface area contributed by atoms with Gasteiger partial charge >= 0.3 is 5.69 Å². The Morgan fingerprint density at radius 1 is 1.35 bits per heavy atom. The van der Waals surface area contributed by atoms with E-state index in [2.05, 4.69) is 4.98 Å². The van der Waals surface area contributed by atoms with Crippen molar-refractivity contribution in [2.24, 2.45) is 0 Å². The smallest absolute Gasteiger partial charge is 0.328 e. The van der Waals surface area contributed by atoms with Crippen LogP contribution in [0.1, 0.15) is 23.6 Å². The molecule has 1 N–H and O–H groups in total. The number of fused-ring (bicyclic) bond motifs is 1. The highest BCUT2D eigenvalue weighted by atomic mass is 16.5. The van der Waals surface area contributed by atoms with Crippen molar-refractivity contribution in [2.45, 2.75) is 12.5 Å². The molecule has 0 amide bonds. The monoisotopic (exact) mass is 269 g/mol. The maximum Gasteiger partial charge on any atom is 0.328 e. The first-order valence-electron chi connectivity index (χ1n) is 6.18. The van der Waals surface area contributed by atoms with Gasteiger partial charge in [0.05, 0.1) is 12.6 Å². The van der Waals surface area contributed by atoms with Crippen molar-refractivity contribution in [1.29, 1.82) is 5.26 Å². The van der Waals surface area contributed by atoms with E-state index in [4.69, 9.17) is 10.00 Å². The average Bonchev–Trinajstić information content (AvgIpc) is 2.47. The summed E-state index contributed by atoms with van der Waals surface area (Å²) in [6, 6.07) is 8.99. The van der Waals surface area contributed by atoms with E-state index in [1.54, 1.807) is 6.07 Å². The van der Waals surface area contributed by atoms with Crippen LogP contribution in [0, 0.1) is 11.3 Å². The summed E-state index contributed by atoms with van der Waals surface area (Å²) in [5.41, 5.74) is -0.379. The van der Waals surface area contributed by atoms with E-state index >= 15 is 0 Å². The van der Waals surface area contributed by atoms with Gasteiger partial charge in [0.2, 0.25) is 0 Å². The predicted molar refractivity (Wildman–Crippen MR) is 70.7 cm³/mol. The number of para-hydroxylation sites is 1. The lowest BCUT2D eigenvalue weighted by Crippen LogP contribution is -2.35. The van der Waals surface area contributed by atoms with E-state index in [0.29, 0.717) is 13.0 Å². The van der Waals surface area contributed by atoms with E-state index in [-0.39, 0.29) is 11.6 Å². The zero-order valence-electron chi connectivity index (χ0n) is 10.5. The van der Waals surface area contributed by atoms with Crippen molar-refractivity contribution in [1.82, 2.24) is 9.55 Å². The second-order valence-electron chi connectivity index (χ2n) is 4.51. The van der Waals surface area contributed by atoms with Gasteiger partial charge in [-0.05, 0) is 6.07 Å². The second kappa shape index (κ2) is 4.70. The molecule has 0 fully saturated rings. The molecule has 20 heavy (non-hydrogen) atoms. The van der Waals surface area contributed by atoms with Crippen LogP contribution in [0.3, 0.4) is 0 Å². The lowest BCUT2D eigenvalue weighted by atomic mass is 10.0. The predicted octanol–water partition coefficient (Wildman–Crippen LogP) is 0.780. The van der Waals surface area contributed by atoms with Crippen LogP contribution in [0.25, 0.3) is 0 Å². The summed E-state index contributed by atoms with van der Waals surface area (Å²) in [4.78, 5) is 25.6. The minimum absolute atomic E-state index is 0.0754. The van der Waals surface area contributed by atoms with Gasteiger partial charge in [-0.2, -0.15) is 5.26 Å². The molecule has 2 aromatic rings. The number of rotatable bonds is 1. The molecule has 100 valence electrons. The number of benzene rings is 1. The van der Waals surface area contributed by atoms with Crippen molar-refractivity contribution in [3.05, 3.63) is 62.4 Å². The maximum absolute atomic E-state index is 12.0.